The van der Waals surface area contributed by atoms with Gasteiger partial charge in [-0.15, -0.1) is 0 Å². The van der Waals surface area contributed by atoms with E-state index in [0.717, 1.165) is 5.56 Å². The number of benzene rings is 1. The molecule has 0 saturated heterocycles. The van der Waals surface area contributed by atoms with Crippen LogP contribution in [0.5, 0.6) is 0 Å². The Morgan fingerprint density at radius 3 is 2.64 bits per heavy atom. The highest BCUT2D eigenvalue weighted by atomic mass is 16.5. The monoisotopic (exact) mass is 292 g/mol. The Labute approximate surface area is 125 Å². The number of furan rings is 1. The average molecular weight is 292 g/mol. The van der Waals surface area contributed by atoms with Gasteiger partial charge >= 0.3 is 0 Å². The molecular weight excluding hydrogens is 280 g/mol. The third kappa shape index (κ3) is 1.79. The molecule has 0 aliphatic rings. The van der Waals surface area contributed by atoms with Crippen molar-refractivity contribution in [1.82, 2.24) is 9.72 Å². The van der Waals surface area contributed by atoms with E-state index in [9.17, 15) is 4.79 Å². The van der Waals surface area contributed by atoms with Gasteiger partial charge in [0.05, 0.1) is 12.0 Å². The number of hydrogen-bond acceptors (Lipinski definition) is 4. The SMILES string of the molecule is Cn1c(-c2ccco2)cc2onc(-c3ccccc3)c2c1=O. The second-order valence-corrected chi connectivity index (χ2v) is 5.01. The number of pyridine rings is 1. The first-order valence-corrected chi connectivity index (χ1v) is 6.84. The highest BCUT2D eigenvalue weighted by Crippen LogP contribution is 2.28. The topological polar surface area (TPSA) is 61.2 Å². The molecule has 3 heterocycles. The third-order valence-corrected chi connectivity index (χ3v) is 3.69. The molecule has 22 heavy (non-hydrogen) atoms. The Bertz CT molecular complexity index is 996. The smallest absolute Gasteiger partial charge is 0.264 e. The van der Waals surface area contributed by atoms with E-state index in [0.29, 0.717) is 28.1 Å². The molecule has 0 saturated carbocycles. The van der Waals surface area contributed by atoms with Gasteiger partial charge in [-0.3, -0.25) is 4.79 Å². The molecule has 0 atom stereocenters. The zero-order valence-electron chi connectivity index (χ0n) is 11.8. The van der Waals surface area contributed by atoms with Crippen molar-refractivity contribution in [3.05, 3.63) is 65.1 Å². The third-order valence-electron chi connectivity index (χ3n) is 3.69. The van der Waals surface area contributed by atoms with Gasteiger partial charge < -0.3 is 13.5 Å². The second kappa shape index (κ2) is 4.73. The highest BCUT2D eigenvalue weighted by molar-refractivity contribution is 5.92. The van der Waals surface area contributed by atoms with Crippen molar-refractivity contribution in [2.45, 2.75) is 0 Å². The fourth-order valence-corrected chi connectivity index (χ4v) is 2.56. The van der Waals surface area contributed by atoms with Gasteiger partial charge in [0, 0.05) is 18.7 Å². The number of nitrogens with zero attached hydrogens (tertiary/aromatic N) is 2. The number of hydrogen-bond donors (Lipinski definition) is 0. The fraction of sp³-hybridized carbons (Fsp3) is 0.0588. The Hall–Kier alpha value is -3.08. The molecule has 0 unspecified atom stereocenters. The van der Waals surface area contributed by atoms with Crippen LogP contribution in [0, 0.1) is 0 Å². The van der Waals surface area contributed by atoms with Crippen LogP contribution in [0.3, 0.4) is 0 Å². The maximum atomic E-state index is 12.7. The van der Waals surface area contributed by atoms with Crippen molar-refractivity contribution in [3.8, 4) is 22.7 Å². The normalized spacial score (nSPS) is 11.1. The second-order valence-electron chi connectivity index (χ2n) is 5.01. The predicted octanol–water partition coefficient (Wildman–Crippen LogP) is 3.45. The van der Waals surface area contributed by atoms with E-state index in [1.54, 1.807) is 36.1 Å². The molecule has 4 aromatic rings. The summed E-state index contributed by atoms with van der Waals surface area (Å²) in [4.78, 5) is 12.7. The molecule has 0 radical (unpaired) electrons. The summed E-state index contributed by atoms with van der Waals surface area (Å²) < 4.78 is 12.3. The van der Waals surface area contributed by atoms with Crippen molar-refractivity contribution >= 4 is 11.0 Å². The van der Waals surface area contributed by atoms with E-state index in [1.807, 2.05) is 30.3 Å². The Balaban J connectivity index is 2.03. The number of fused-ring (bicyclic) bond motifs is 1. The maximum Gasteiger partial charge on any atom is 0.264 e. The molecule has 0 spiro atoms. The molecule has 0 N–H and O–H groups in total. The van der Waals surface area contributed by atoms with Gasteiger partial charge in [-0.2, -0.15) is 0 Å². The van der Waals surface area contributed by atoms with Crippen molar-refractivity contribution in [2.75, 3.05) is 0 Å². The first-order chi connectivity index (χ1) is 10.8. The summed E-state index contributed by atoms with van der Waals surface area (Å²) in [5.41, 5.74) is 2.35. The molecule has 0 bridgehead atoms. The summed E-state index contributed by atoms with van der Waals surface area (Å²) in [7, 11) is 1.71. The summed E-state index contributed by atoms with van der Waals surface area (Å²) >= 11 is 0. The van der Waals surface area contributed by atoms with E-state index in [4.69, 9.17) is 8.94 Å². The van der Waals surface area contributed by atoms with E-state index >= 15 is 0 Å². The molecular formula is C17H12N2O3. The van der Waals surface area contributed by atoms with E-state index in [2.05, 4.69) is 5.16 Å². The van der Waals surface area contributed by atoms with Crippen LogP contribution < -0.4 is 5.56 Å². The fourth-order valence-electron chi connectivity index (χ4n) is 2.56. The standard InChI is InChI=1S/C17H12N2O3/c1-19-12(13-8-5-9-21-13)10-14-15(17(19)20)16(18-22-14)11-6-3-2-4-7-11/h2-10H,1H3. The lowest BCUT2D eigenvalue weighted by Gasteiger charge is -2.05. The van der Waals surface area contributed by atoms with E-state index in [-0.39, 0.29) is 5.56 Å². The summed E-state index contributed by atoms with van der Waals surface area (Å²) in [6.45, 7) is 0. The molecule has 0 fully saturated rings. The largest absolute Gasteiger partial charge is 0.463 e. The highest BCUT2D eigenvalue weighted by Gasteiger charge is 2.18. The lowest BCUT2D eigenvalue weighted by Crippen LogP contribution is -2.18. The Kier molecular flexibility index (Phi) is 2.72. The van der Waals surface area contributed by atoms with Crippen LogP contribution in [-0.4, -0.2) is 9.72 Å². The summed E-state index contributed by atoms with van der Waals surface area (Å²) in [6, 6.07) is 14.9. The van der Waals surface area contributed by atoms with Gasteiger partial charge in [0.1, 0.15) is 16.8 Å². The molecule has 1 aromatic carbocycles. The summed E-state index contributed by atoms with van der Waals surface area (Å²) in [6.07, 6.45) is 1.57. The van der Waals surface area contributed by atoms with Crippen LogP contribution in [0.4, 0.5) is 0 Å². The summed E-state index contributed by atoms with van der Waals surface area (Å²) in [5.74, 6) is 0.610. The minimum Gasteiger partial charge on any atom is -0.463 e. The zero-order valence-corrected chi connectivity index (χ0v) is 11.8. The van der Waals surface area contributed by atoms with Gasteiger partial charge in [-0.05, 0) is 12.1 Å². The molecule has 0 aliphatic heterocycles. The molecule has 0 amide bonds. The van der Waals surface area contributed by atoms with Crippen molar-refractivity contribution in [1.29, 1.82) is 0 Å². The lowest BCUT2D eigenvalue weighted by atomic mass is 10.1. The first-order valence-electron chi connectivity index (χ1n) is 6.84. The molecule has 0 aliphatic carbocycles. The number of rotatable bonds is 2. The predicted molar refractivity (Wildman–Crippen MR) is 82.4 cm³/mol. The van der Waals surface area contributed by atoms with Gasteiger partial charge in [-0.1, -0.05) is 35.5 Å². The Morgan fingerprint density at radius 2 is 1.91 bits per heavy atom. The van der Waals surface area contributed by atoms with Crippen LogP contribution in [0.1, 0.15) is 0 Å². The van der Waals surface area contributed by atoms with Crippen LogP contribution in [0.25, 0.3) is 33.7 Å². The molecule has 4 rings (SSSR count). The van der Waals surface area contributed by atoms with Crippen molar-refractivity contribution in [3.63, 3.8) is 0 Å². The van der Waals surface area contributed by atoms with Crippen LogP contribution in [0.2, 0.25) is 0 Å². The molecule has 5 heteroatoms. The van der Waals surface area contributed by atoms with E-state index in [1.165, 1.54) is 0 Å². The Morgan fingerprint density at radius 1 is 1.09 bits per heavy atom. The molecule has 108 valence electrons. The van der Waals surface area contributed by atoms with Crippen LogP contribution >= 0.6 is 0 Å². The van der Waals surface area contributed by atoms with E-state index < -0.39 is 0 Å². The van der Waals surface area contributed by atoms with Gasteiger partial charge in [0.15, 0.2) is 5.58 Å². The minimum absolute atomic E-state index is 0.163. The van der Waals surface area contributed by atoms with Crippen molar-refractivity contribution in [2.24, 2.45) is 7.05 Å². The maximum absolute atomic E-state index is 12.7. The average Bonchev–Trinajstić information content (AvgIpc) is 3.21. The summed E-state index contributed by atoms with van der Waals surface area (Å²) in [5, 5.41) is 4.55. The minimum atomic E-state index is -0.163. The lowest BCUT2D eigenvalue weighted by molar-refractivity contribution is 0.459. The molecule has 3 aromatic heterocycles. The van der Waals surface area contributed by atoms with Crippen LogP contribution in [-0.2, 0) is 7.05 Å². The number of aromatic nitrogens is 2. The van der Waals surface area contributed by atoms with Gasteiger partial charge in [-0.25, -0.2) is 0 Å². The zero-order chi connectivity index (χ0) is 15.1. The molecule has 5 nitrogen and oxygen atoms in total. The van der Waals surface area contributed by atoms with Gasteiger partial charge in [0.2, 0.25) is 0 Å². The van der Waals surface area contributed by atoms with Gasteiger partial charge in [0.25, 0.3) is 5.56 Å². The first kappa shape index (κ1) is 12.6. The van der Waals surface area contributed by atoms with Crippen molar-refractivity contribution < 1.29 is 8.94 Å². The quantitative estimate of drug-likeness (QED) is 0.567. The van der Waals surface area contributed by atoms with Crippen LogP contribution in [0.15, 0.2) is 68.5 Å².